The first-order chi connectivity index (χ1) is 20.0. The Morgan fingerprint density at radius 1 is 0.976 bits per heavy atom. The number of hydrogen-bond donors (Lipinski definition) is 4. The molecule has 4 N–H and O–H groups in total. The molecule has 226 valence electrons. The fourth-order valence-electron chi connectivity index (χ4n) is 3.99. The van der Waals surface area contributed by atoms with Crippen LogP contribution in [0.4, 0.5) is 10.5 Å². The summed E-state index contributed by atoms with van der Waals surface area (Å²) in [4.78, 5) is 52.5. The molecule has 0 aromatic heterocycles. The van der Waals surface area contributed by atoms with E-state index in [9.17, 15) is 27.6 Å². The van der Waals surface area contributed by atoms with Gasteiger partial charge in [0.1, 0.15) is 11.9 Å². The van der Waals surface area contributed by atoms with E-state index in [0.717, 1.165) is 5.69 Å². The highest BCUT2D eigenvalue weighted by Gasteiger charge is 2.29. The second-order valence-corrected chi connectivity index (χ2v) is 10.8. The van der Waals surface area contributed by atoms with Crippen LogP contribution in [0.1, 0.15) is 19.4 Å². The maximum Gasteiger partial charge on any atom is 0.412 e. The summed E-state index contributed by atoms with van der Waals surface area (Å²) in [7, 11) is -4.06. The van der Waals surface area contributed by atoms with Crippen LogP contribution in [-0.2, 0) is 33.9 Å². The van der Waals surface area contributed by atoms with Gasteiger partial charge in [0.25, 0.3) is 0 Å². The van der Waals surface area contributed by atoms with Crippen molar-refractivity contribution in [2.45, 2.75) is 24.8 Å². The Kier molecular flexibility index (Phi) is 11.4. The van der Waals surface area contributed by atoms with Gasteiger partial charge in [-0.25, -0.2) is 13.2 Å². The zero-order chi connectivity index (χ0) is 30.7. The number of piperazine rings is 1. The average Bonchev–Trinajstić information content (AvgIpc) is 2.97. The minimum Gasteiger partial charge on any atom is -0.465 e. The van der Waals surface area contributed by atoms with Gasteiger partial charge in [0.05, 0.1) is 31.2 Å². The summed E-state index contributed by atoms with van der Waals surface area (Å²) in [5.74, 6) is -1.84. The third-order valence-electron chi connectivity index (χ3n) is 6.10. The van der Waals surface area contributed by atoms with Crippen molar-refractivity contribution in [3.63, 3.8) is 0 Å². The summed E-state index contributed by atoms with van der Waals surface area (Å²) in [6.45, 7) is 3.48. The maximum absolute atomic E-state index is 12.8. The predicted octanol–water partition coefficient (Wildman–Crippen LogP) is 0.433. The van der Waals surface area contributed by atoms with E-state index in [4.69, 9.17) is 14.9 Å². The third-order valence-corrected chi connectivity index (χ3v) is 7.59. The second kappa shape index (κ2) is 14.9. The number of alkyl carbamates (subject to hydrolysis) is 1. The Morgan fingerprint density at radius 2 is 1.64 bits per heavy atom. The SMILES string of the molecule is CCOC(=O)NC(=N)c1ccc(N2CCN(CC(=O)NC[C@H](NS(=O)(=O)c3ccccc3)C(=O)OCC)C(=O)C2)cc1. The van der Waals surface area contributed by atoms with Gasteiger partial charge in [-0.15, -0.1) is 0 Å². The average molecular weight is 603 g/mol. The Labute approximate surface area is 243 Å². The van der Waals surface area contributed by atoms with Crippen LogP contribution in [0.5, 0.6) is 0 Å². The molecule has 1 aliphatic rings. The van der Waals surface area contributed by atoms with Crippen LogP contribution in [0, 0.1) is 5.41 Å². The summed E-state index contributed by atoms with van der Waals surface area (Å²) >= 11 is 0. The van der Waals surface area contributed by atoms with Gasteiger partial charge >= 0.3 is 12.1 Å². The molecule has 1 fully saturated rings. The Morgan fingerprint density at radius 3 is 2.26 bits per heavy atom. The number of benzene rings is 2. The number of amides is 3. The van der Waals surface area contributed by atoms with Crippen LogP contribution in [0.25, 0.3) is 0 Å². The number of carbonyl (C=O) groups is 4. The van der Waals surface area contributed by atoms with E-state index in [1.807, 2.05) is 4.90 Å². The summed E-state index contributed by atoms with van der Waals surface area (Å²) in [5, 5.41) is 12.8. The number of rotatable bonds is 12. The molecule has 0 bridgehead atoms. The van der Waals surface area contributed by atoms with E-state index in [2.05, 4.69) is 15.4 Å². The van der Waals surface area contributed by atoms with Gasteiger partial charge in [-0.3, -0.25) is 25.1 Å². The van der Waals surface area contributed by atoms with E-state index in [0.29, 0.717) is 12.1 Å². The molecule has 14 nitrogen and oxygen atoms in total. The second-order valence-electron chi connectivity index (χ2n) is 9.05. The molecule has 1 saturated heterocycles. The van der Waals surface area contributed by atoms with Crippen molar-refractivity contribution in [2.75, 3.05) is 50.8 Å². The van der Waals surface area contributed by atoms with Gasteiger partial charge < -0.3 is 24.6 Å². The minimum absolute atomic E-state index is 0.00742. The maximum atomic E-state index is 12.8. The number of anilines is 1. The Balaban J connectivity index is 1.53. The molecular formula is C27H34N6O8S. The highest BCUT2D eigenvalue weighted by molar-refractivity contribution is 7.89. The number of esters is 1. The molecule has 0 saturated carbocycles. The smallest absolute Gasteiger partial charge is 0.412 e. The van der Waals surface area contributed by atoms with Crippen LogP contribution in [-0.4, -0.2) is 95.0 Å². The number of nitrogens with zero attached hydrogens (tertiary/aromatic N) is 2. The Bertz CT molecular complexity index is 1390. The lowest BCUT2D eigenvalue weighted by atomic mass is 10.1. The van der Waals surface area contributed by atoms with Gasteiger partial charge in [0, 0.05) is 30.9 Å². The fraction of sp³-hybridized carbons (Fsp3) is 0.370. The summed E-state index contributed by atoms with van der Waals surface area (Å²) < 4.78 is 37.4. The zero-order valence-electron chi connectivity index (χ0n) is 23.3. The number of nitrogens with one attached hydrogen (secondary N) is 4. The van der Waals surface area contributed by atoms with E-state index in [-0.39, 0.29) is 56.0 Å². The number of amidine groups is 1. The molecule has 2 aromatic rings. The molecule has 0 radical (unpaired) electrons. The van der Waals surface area contributed by atoms with Crippen LogP contribution in [0.2, 0.25) is 0 Å². The van der Waals surface area contributed by atoms with Crippen molar-refractivity contribution in [2.24, 2.45) is 0 Å². The molecule has 15 heteroatoms. The van der Waals surface area contributed by atoms with Gasteiger partial charge in [0.2, 0.25) is 21.8 Å². The van der Waals surface area contributed by atoms with Crippen molar-refractivity contribution in [3.05, 3.63) is 60.2 Å². The predicted molar refractivity (Wildman–Crippen MR) is 152 cm³/mol. The number of sulfonamides is 1. The van der Waals surface area contributed by atoms with Crippen LogP contribution in [0.15, 0.2) is 59.5 Å². The van der Waals surface area contributed by atoms with Crippen molar-refractivity contribution in [3.8, 4) is 0 Å². The van der Waals surface area contributed by atoms with Gasteiger partial charge in [-0.1, -0.05) is 18.2 Å². The quantitative estimate of drug-likeness (QED) is 0.152. The van der Waals surface area contributed by atoms with E-state index >= 15 is 0 Å². The van der Waals surface area contributed by atoms with Crippen molar-refractivity contribution >= 4 is 45.4 Å². The first-order valence-corrected chi connectivity index (χ1v) is 14.7. The summed E-state index contributed by atoms with van der Waals surface area (Å²) in [6, 6.07) is 12.8. The monoisotopic (exact) mass is 602 g/mol. The van der Waals surface area contributed by atoms with Gasteiger partial charge in [-0.05, 0) is 50.2 Å². The topological polar surface area (TPSA) is 187 Å². The number of carbonyl (C=O) groups excluding carboxylic acids is 4. The molecule has 0 aliphatic carbocycles. The highest BCUT2D eigenvalue weighted by atomic mass is 32.2. The number of hydrogen-bond acceptors (Lipinski definition) is 10. The largest absolute Gasteiger partial charge is 0.465 e. The molecule has 42 heavy (non-hydrogen) atoms. The molecule has 1 heterocycles. The van der Waals surface area contributed by atoms with Crippen molar-refractivity contribution < 1.29 is 37.1 Å². The first kappa shape index (κ1) is 32.0. The van der Waals surface area contributed by atoms with Crippen LogP contribution >= 0.6 is 0 Å². The normalized spacial score (nSPS) is 14.1. The standard InChI is InChI=1S/C27H34N6O8S/c1-3-40-26(36)22(31-42(38,39)21-8-6-5-7-9-21)16-29-23(34)17-33-15-14-32(18-24(33)35)20-12-10-19(11-13-20)25(28)30-27(37)41-4-2/h5-13,22,31H,3-4,14-18H2,1-2H3,(H,29,34)(H2,28,30,37)/t22-/m0/s1. The van der Waals surface area contributed by atoms with E-state index in [1.54, 1.807) is 56.3 Å². The van der Waals surface area contributed by atoms with E-state index in [1.165, 1.54) is 17.0 Å². The number of ether oxygens (including phenoxy) is 2. The molecule has 1 aliphatic heterocycles. The third kappa shape index (κ3) is 9.01. The molecule has 3 amide bonds. The fourth-order valence-corrected chi connectivity index (χ4v) is 5.20. The summed E-state index contributed by atoms with van der Waals surface area (Å²) in [5.41, 5.74) is 1.18. The molecule has 3 rings (SSSR count). The van der Waals surface area contributed by atoms with Gasteiger partial charge in [-0.2, -0.15) is 4.72 Å². The summed E-state index contributed by atoms with van der Waals surface area (Å²) in [6.07, 6.45) is -0.720. The van der Waals surface area contributed by atoms with Gasteiger partial charge in [0.15, 0.2) is 0 Å². The zero-order valence-corrected chi connectivity index (χ0v) is 24.1. The molecule has 0 unspecified atom stereocenters. The molecule has 0 spiro atoms. The molecule has 1 atom stereocenters. The molecular weight excluding hydrogens is 568 g/mol. The van der Waals surface area contributed by atoms with Crippen molar-refractivity contribution in [1.82, 2.24) is 20.3 Å². The molecule has 2 aromatic carbocycles. The minimum atomic E-state index is -4.06. The first-order valence-electron chi connectivity index (χ1n) is 13.2. The van der Waals surface area contributed by atoms with E-state index < -0.39 is 34.0 Å². The lowest BCUT2D eigenvalue weighted by Gasteiger charge is -2.35. The van der Waals surface area contributed by atoms with Crippen LogP contribution < -0.4 is 20.3 Å². The lowest BCUT2D eigenvalue weighted by molar-refractivity contribution is -0.145. The van der Waals surface area contributed by atoms with Crippen molar-refractivity contribution in [1.29, 1.82) is 5.41 Å². The highest BCUT2D eigenvalue weighted by Crippen LogP contribution is 2.18. The Hall–Kier alpha value is -4.50. The van der Waals surface area contributed by atoms with Crippen LogP contribution in [0.3, 0.4) is 0 Å². The lowest BCUT2D eigenvalue weighted by Crippen LogP contribution is -2.54.